The molecule has 3 rings (SSSR count). The number of methoxy groups -OCH3 is 4. The topological polar surface area (TPSA) is 59.0 Å². The van der Waals surface area contributed by atoms with Gasteiger partial charge in [-0.3, -0.25) is 0 Å². The second-order valence-electron chi connectivity index (χ2n) is 5.75. The fraction of sp³-hybridized carbons (Fsp3) is 0.286. The van der Waals surface area contributed by atoms with Crippen LogP contribution in [-0.2, 0) is 0 Å². The lowest BCUT2D eigenvalue weighted by Crippen LogP contribution is -2.00. The second kappa shape index (κ2) is 8.84. The molecule has 0 aliphatic rings. The molecule has 0 saturated carbocycles. The Morgan fingerprint density at radius 3 is 2.07 bits per heavy atom. The summed E-state index contributed by atoms with van der Waals surface area (Å²) in [6.45, 7) is 2.60. The van der Waals surface area contributed by atoms with E-state index in [2.05, 4.69) is 4.37 Å². The fourth-order valence-electron chi connectivity index (χ4n) is 3.04. The lowest BCUT2D eigenvalue weighted by Gasteiger charge is -2.18. The van der Waals surface area contributed by atoms with Crippen LogP contribution in [0.25, 0.3) is 21.6 Å². The number of aromatic nitrogens is 1. The Kier molecular flexibility index (Phi) is 6.26. The SMILES string of the molecule is CCOc1ccc(-c2sncc2-c2cc(OC)c(OC)c(OC)c2OC)cc1. The number of nitrogens with zero attached hydrogens (tertiary/aromatic N) is 1. The highest BCUT2D eigenvalue weighted by atomic mass is 32.1. The van der Waals surface area contributed by atoms with E-state index in [4.69, 9.17) is 23.7 Å². The minimum absolute atomic E-state index is 0.475. The molecule has 0 atom stereocenters. The van der Waals surface area contributed by atoms with Crippen LogP contribution in [0.2, 0.25) is 0 Å². The predicted octanol–water partition coefficient (Wildman–Crippen LogP) is 4.91. The number of ether oxygens (including phenoxy) is 5. The predicted molar refractivity (Wildman–Crippen MR) is 110 cm³/mol. The standard InChI is InChI=1S/C21H23NO5S/c1-6-27-14-9-7-13(8-10-14)21-16(12-22-28-21)15-11-17(23-2)19(25-4)20(26-5)18(15)24-3/h7-12H,6H2,1-5H3. The van der Waals surface area contributed by atoms with Crippen molar-refractivity contribution in [1.82, 2.24) is 4.37 Å². The van der Waals surface area contributed by atoms with Crippen molar-refractivity contribution in [3.8, 4) is 50.3 Å². The van der Waals surface area contributed by atoms with Gasteiger partial charge in [-0.25, -0.2) is 0 Å². The van der Waals surface area contributed by atoms with Gasteiger partial charge in [0.05, 0.1) is 39.9 Å². The molecular formula is C21H23NO5S. The molecule has 0 fully saturated rings. The minimum Gasteiger partial charge on any atom is -0.494 e. The summed E-state index contributed by atoms with van der Waals surface area (Å²) in [6.07, 6.45) is 1.82. The summed E-state index contributed by atoms with van der Waals surface area (Å²) in [5.41, 5.74) is 2.77. The Labute approximate surface area is 168 Å². The first kappa shape index (κ1) is 19.8. The summed E-state index contributed by atoms with van der Waals surface area (Å²) < 4.78 is 32.2. The van der Waals surface area contributed by atoms with Crippen molar-refractivity contribution in [2.24, 2.45) is 0 Å². The molecule has 0 radical (unpaired) electrons. The highest BCUT2D eigenvalue weighted by Crippen LogP contribution is 2.51. The van der Waals surface area contributed by atoms with Gasteiger partial charge in [0, 0.05) is 17.3 Å². The number of benzene rings is 2. The number of hydrogen-bond donors (Lipinski definition) is 0. The van der Waals surface area contributed by atoms with Crippen molar-refractivity contribution in [3.05, 3.63) is 36.5 Å². The van der Waals surface area contributed by atoms with Gasteiger partial charge < -0.3 is 23.7 Å². The highest BCUT2D eigenvalue weighted by Gasteiger charge is 2.24. The van der Waals surface area contributed by atoms with E-state index < -0.39 is 0 Å². The van der Waals surface area contributed by atoms with Crippen molar-refractivity contribution in [1.29, 1.82) is 0 Å². The van der Waals surface area contributed by atoms with E-state index in [9.17, 15) is 0 Å². The van der Waals surface area contributed by atoms with Crippen LogP contribution in [0.15, 0.2) is 36.5 Å². The summed E-state index contributed by atoms with van der Waals surface area (Å²) in [5, 5.41) is 0. The fourth-order valence-corrected chi connectivity index (χ4v) is 3.81. The van der Waals surface area contributed by atoms with Gasteiger partial charge in [-0.05, 0) is 54.4 Å². The molecule has 28 heavy (non-hydrogen) atoms. The zero-order chi connectivity index (χ0) is 20.1. The van der Waals surface area contributed by atoms with Crippen molar-refractivity contribution < 1.29 is 23.7 Å². The maximum Gasteiger partial charge on any atom is 0.207 e. The maximum atomic E-state index is 5.67. The minimum atomic E-state index is 0.475. The second-order valence-corrected chi connectivity index (χ2v) is 6.55. The van der Waals surface area contributed by atoms with Gasteiger partial charge >= 0.3 is 0 Å². The molecule has 0 aliphatic carbocycles. The van der Waals surface area contributed by atoms with Gasteiger partial charge in [0.15, 0.2) is 11.5 Å². The van der Waals surface area contributed by atoms with Gasteiger partial charge in [-0.1, -0.05) is 0 Å². The molecule has 1 heterocycles. The molecular weight excluding hydrogens is 378 g/mol. The molecule has 0 N–H and O–H groups in total. The summed E-state index contributed by atoms with van der Waals surface area (Å²) in [7, 11) is 6.33. The summed E-state index contributed by atoms with van der Waals surface area (Å²) >= 11 is 1.41. The van der Waals surface area contributed by atoms with E-state index in [-0.39, 0.29) is 0 Å². The maximum absolute atomic E-state index is 5.67. The van der Waals surface area contributed by atoms with E-state index in [1.54, 1.807) is 28.4 Å². The van der Waals surface area contributed by atoms with Crippen molar-refractivity contribution in [2.75, 3.05) is 35.0 Å². The van der Waals surface area contributed by atoms with Crippen LogP contribution < -0.4 is 23.7 Å². The van der Waals surface area contributed by atoms with Crippen LogP contribution >= 0.6 is 11.5 Å². The molecule has 6 nitrogen and oxygen atoms in total. The Morgan fingerprint density at radius 1 is 0.821 bits per heavy atom. The van der Waals surface area contributed by atoms with E-state index in [1.165, 1.54) is 11.5 Å². The van der Waals surface area contributed by atoms with Crippen molar-refractivity contribution in [2.45, 2.75) is 6.92 Å². The Hall–Kier alpha value is -2.93. The number of rotatable bonds is 8. The van der Waals surface area contributed by atoms with Gasteiger partial charge in [-0.15, -0.1) is 0 Å². The zero-order valence-corrected chi connectivity index (χ0v) is 17.4. The lowest BCUT2D eigenvalue weighted by molar-refractivity contribution is 0.306. The summed E-state index contributed by atoms with van der Waals surface area (Å²) in [4.78, 5) is 1.01. The van der Waals surface area contributed by atoms with Crippen LogP contribution in [0, 0.1) is 0 Å². The van der Waals surface area contributed by atoms with E-state index >= 15 is 0 Å². The third-order valence-corrected chi connectivity index (χ3v) is 5.13. The molecule has 0 spiro atoms. The monoisotopic (exact) mass is 401 g/mol. The van der Waals surface area contributed by atoms with Gasteiger partial charge in [0.2, 0.25) is 11.5 Å². The average Bonchev–Trinajstić information content (AvgIpc) is 3.22. The van der Waals surface area contributed by atoms with Crippen LogP contribution in [0.1, 0.15) is 6.92 Å². The molecule has 148 valence electrons. The van der Waals surface area contributed by atoms with Gasteiger partial charge in [0.1, 0.15) is 5.75 Å². The Bertz CT molecular complexity index is 937. The molecule has 0 bridgehead atoms. The first-order valence-electron chi connectivity index (χ1n) is 8.73. The lowest BCUT2D eigenvalue weighted by atomic mass is 10.0. The van der Waals surface area contributed by atoms with Crippen molar-refractivity contribution in [3.63, 3.8) is 0 Å². The van der Waals surface area contributed by atoms with Crippen LogP contribution in [0.5, 0.6) is 28.7 Å². The zero-order valence-electron chi connectivity index (χ0n) is 16.6. The molecule has 0 unspecified atom stereocenters. The van der Waals surface area contributed by atoms with E-state index in [0.29, 0.717) is 29.6 Å². The van der Waals surface area contributed by atoms with Crippen LogP contribution in [0.4, 0.5) is 0 Å². The number of hydrogen-bond acceptors (Lipinski definition) is 7. The van der Waals surface area contributed by atoms with Gasteiger partial charge in [-0.2, -0.15) is 4.37 Å². The van der Waals surface area contributed by atoms with Gasteiger partial charge in [0.25, 0.3) is 0 Å². The summed E-state index contributed by atoms with van der Waals surface area (Å²) in [6, 6.07) is 9.82. The first-order chi connectivity index (χ1) is 13.7. The molecule has 0 saturated heterocycles. The third-order valence-electron chi connectivity index (χ3n) is 4.28. The first-order valence-corrected chi connectivity index (χ1v) is 9.51. The molecule has 2 aromatic carbocycles. The summed E-state index contributed by atoms with van der Waals surface area (Å²) in [5.74, 6) is 2.91. The smallest absolute Gasteiger partial charge is 0.207 e. The molecule has 3 aromatic rings. The molecule has 0 aliphatic heterocycles. The Morgan fingerprint density at radius 2 is 1.50 bits per heavy atom. The molecule has 7 heteroatoms. The Balaban J connectivity index is 2.16. The highest BCUT2D eigenvalue weighted by molar-refractivity contribution is 7.10. The van der Waals surface area contributed by atoms with E-state index in [0.717, 1.165) is 27.3 Å². The molecule has 0 amide bonds. The quantitative estimate of drug-likeness (QED) is 0.534. The van der Waals surface area contributed by atoms with Crippen LogP contribution in [-0.4, -0.2) is 39.4 Å². The third kappa shape index (κ3) is 3.57. The van der Waals surface area contributed by atoms with E-state index in [1.807, 2.05) is 43.5 Å². The average molecular weight is 401 g/mol. The van der Waals surface area contributed by atoms with Crippen molar-refractivity contribution >= 4 is 11.5 Å². The van der Waals surface area contributed by atoms with Crippen LogP contribution in [0.3, 0.4) is 0 Å². The normalized spacial score (nSPS) is 10.5. The largest absolute Gasteiger partial charge is 0.494 e. The molecule has 1 aromatic heterocycles.